The van der Waals surface area contributed by atoms with E-state index in [1.54, 1.807) is 32.4 Å². The fraction of sp³-hybridized carbons (Fsp3) is 0.250. The number of benzene rings is 1. The van der Waals surface area contributed by atoms with Crippen LogP contribution in [-0.4, -0.2) is 23.3 Å². The molecule has 3 atom stereocenters. The van der Waals surface area contributed by atoms with Crippen LogP contribution in [0.15, 0.2) is 59.8 Å². The number of alkyl halides is 2. The molecule has 0 amide bonds. The molecule has 27 heavy (non-hydrogen) atoms. The molecule has 0 saturated carbocycles. The summed E-state index contributed by atoms with van der Waals surface area (Å²) < 4.78 is 26.0. The number of anilines is 1. The normalized spacial score (nSPS) is 22.9. The minimum Gasteiger partial charge on any atom is -0.496 e. The average molecular weight is 409 g/mol. The van der Waals surface area contributed by atoms with Crippen LogP contribution in [0.1, 0.15) is 6.92 Å². The Morgan fingerprint density at radius 3 is 2.74 bits per heavy atom. The lowest BCUT2D eigenvalue weighted by molar-refractivity contribution is 0.112. The number of methoxy groups -OCH3 is 1. The van der Waals surface area contributed by atoms with Crippen molar-refractivity contribution in [3.8, 4) is 22.6 Å². The van der Waals surface area contributed by atoms with Gasteiger partial charge in [-0.2, -0.15) is 0 Å². The molecule has 3 unspecified atom stereocenters. The number of aromatic nitrogens is 1. The van der Waals surface area contributed by atoms with Gasteiger partial charge >= 0.3 is 0 Å². The van der Waals surface area contributed by atoms with Gasteiger partial charge in [0, 0.05) is 22.4 Å². The van der Waals surface area contributed by atoms with Crippen LogP contribution in [0, 0.1) is 5.92 Å². The van der Waals surface area contributed by atoms with E-state index < -0.39 is 17.1 Å². The summed E-state index contributed by atoms with van der Waals surface area (Å²) in [6.45, 7) is 1.69. The Kier molecular flexibility index (Phi) is 5.63. The predicted molar refractivity (Wildman–Crippen MR) is 107 cm³/mol. The van der Waals surface area contributed by atoms with Crippen LogP contribution in [0.5, 0.6) is 11.5 Å². The predicted octanol–water partition coefficient (Wildman–Crippen LogP) is 5.32. The van der Waals surface area contributed by atoms with Gasteiger partial charge in [0.15, 0.2) is 11.6 Å². The van der Waals surface area contributed by atoms with Gasteiger partial charge in [0.2, 0.25) is 5.13 Å². The third kappa shape index (κ3) is 4.04. The second-order valence-electron chi connectivity index (χ2n) is 6.19. The van der Waals surface area contributed by atoms with Crippen molar-refractivity contribution < 1.29 is 13.9 Å². The Balaban J connectivity index is 1.91. The number of rotatable bonds is 5. The molecule has 7 heteroatoms. The zero-order valence-corrected chi connectivity index (χ0v) is 16.3. The van der Waals surface area contributed by atoms with Crippen molar-refractivity contribution in [2.24, 2.45) is 5.92 Å². The first-order valence-corrected chi connectivity index (χ1v) is 9.07. The van der Waals surface area contributed by atoms with Crippen molar-refractivity contribution in [3.05, 3.63) is 59.8 Å². The topological polar surface area (TPSA) is 57.4 Å². The first-order chi connectivity index (χ1) is 12.8. The van der Waals surface area contributed by atoms with Crippen LogP contribution in [0.2, 0.25) is 0 Å². The highest BCUT2D eigenvalue weighted by molar-refractivity contribution is 6.32. The lowest BCUT2D eigenvalue weighted by Crippen LogP contribution is -2.38. The van der Waals surface area contributed by atoms with Crippen LogP contribution in [-0.2, 0) is 0 Å². The molecule has 4 nitrogen and oxygen atoms in total. The van der Waals surface area contributed by atoms with Gasteiger partial charge < -0.3 is 15.2 Å². The molecule has 0 aliphatic heterocycles. The largest absolute Gasteiger partial charge is 0.496 e. The molecule has 2 N–H and O–H groups in total. The van der Waals surface area contributed by atoms with Gasteiger partial charge in [0.1, 0.15) is 11.9 Å². The zero-order valence-electron chi connectivity index (χ0n) is 14.8. The molecule has 1 heterocycles. The van der Waals surface area contributed by atoms with Crippen LogP contribution in [0.25, 0.3) is 11.1 Å². The molecule has 1 aliphatic carbocycles. The van der Waals surface area contributed by atoms with Gasteiger partial charge in [-0.15, -0.1) is 0 Å². The maximum atomic E-state index is 14.7. The Labute approximate surface area is 167 Å². The van der Waals surface area contributed by atoms with E-state index in [1.807, 2.05) is 24.3 Å². The number of pyridine rings is 1. The summed E-state index contributed by atoms with van der Waals surface area (Å²) in [5.74, 6) is 0.318. The van der Waals surface area contributed by atoms with Crippen LogP contribution in [0.4, 0.5) is 10.2 Å². The summed E-state index contributed by atoms with van der Waals surface area (Å²) in [6, 6.07) is 9.25. The molecule has 0 saturated heterocycles. The van der Waals surface area contributed by atoms with Gasteiger partial charge in [-0.05, 0) is 31.2 Å². The molecule has 0 radical (unpaired) electrons. The second-order valence-corrected chi connectivity index (χ2v) is 7.21. The van der Waals surface area contributed by atoms with Crippen molar-refractivity contribution in [3.63, 3.8) is 0 Å². The quantitative estimate of drug-likeness (QED) is 0.680. The third-order valence-corrected chi connectivity index (χ3v) is 5.09. The molecule has 3 rings (SSSR count). The monoisotopic (exact) mass is 408 g/mol. The summed E-state index contributed by atoms with van der Waals surface area (Å²) in [4.78, 5) is 4.19. The van der Waals surface area contributed by atoms with Gasteiger partial charge in [-0.3, -0.25) is 0 Å². The van der Waals surface area contributed by atoms with E-state index in [-0.39, 0.29) is 10.9 Å². The van der Waals surface area contributed by atoms with Gasteiger partial charge in [0.25, 0.3) is 0 Å². The van der Waals surface area contributed by atoms with E-state index in [4.69, 9.17) is 38.4 Å². The molecule has 0 fully saturated rings. The molecular weight excluding hydrogens is 390 g/mol. The number of hydrogen-bond donors (Lipinski definition) is 1. The summed E-state index contributed by atoms with van der Waals surface area (Å²) >= 11 is 12.2. The molecular formula is C20H19Cl2FN2O2. The molecule has 1 aromatic heterocycles. The first kappa shape index (κ1) is 19.5. The second kappa shape index (κ2) is 7.79. The minimum atomic E-state index is -2.15. The Bertz CT molecular complexity index is 899. The number of allylic oxidation sites excluding steroid dienone is 3. The highest BCUT2D eigenvalue weighted by atomic mass is 35.5. The lowest BCUT2D eigenvalue weighted by Gasteiger charge is -2.32. The van der Waals surface area contributed by atoms with Crippen LogP contribution >= 0.6 is 23.2 Å². The first-order valence-electron chi connectivity index (χ1n) is 8.32. The number of nitrogen functional groups attached to an aromatic ring is 1. The fourth-order valence-electron chi connectivity index (χ4n) is 3.04. The zero-order chi connectivity index (χ0) is 19.6. The van der Waals surface area contributed by atoms with Crippen LogP contribution in [0.3, 0.4) is 0 Å². The summed E-state index contributed by atoms with van der Waals surface area (Å²) in [6.07, 6.45) is 5.27. The van der Waals surface area contributed by atoms with Gasteiger partial charge in [-0.1, -0.05) is 47.5 Å². The lowest BCUT2D eigenvalue weighted by atomic mass is 9.92. The molecule has 0 bridgehead atoms. The fourth-order valence-corrected chi connectivity index (χ4v) is 3.88. The Hall–Kier alpha value is -2.24. The van der Waals surface area contributed by atoms with E-state index >= 15 is 0 Å². The summed E-state index contributed by atoms with van der Waals surface area (Å²) in [5.41, 5.74) is 7.55. The number of nitrogens with zero attached hydrogens (tertiary/aromatic N) is 1. The maximum Gasteiger partial charge on any atom is 0.213 e. The van der Waals surface area contributed by atoms with Crippen LogP contribution < -0.4 is 15.2 Å². The van der Waals surface area contributed by atoms with E-state index in [0.717, 1.165) is 11.1 Å². The molecule has 1 aliphatic rings. The number of hydrogen-bond acceptors (Lipinski definition) is 4. The van der Waals surface area contributed by atoms with E-state index in [1.165, 1.54) is 12.2 Å². The van der Waals surface area contributed by atoms with Gasteiger partial charge in [-0.25, -0.2) is 9.37 Å². The smallest absolute Gasteiger partial charge is 0.213 e. The molecule has 2 aromatic rings. The van der Waals surface area contributed by atoms with Crippen molar-refractivity contribution in [1.82, 2.24) is 4.98 Å². The third-order valence-electron chi connectivity index (χ3n) is 4.37. The molecule has 1 aromatic carbocycles. The standard InChI is InChI=1S/C20H19Cl2FN2O2/c1-12(18-15(21)7-5-9-20(18,22)23)27-17-10-13(11-25-19(17)24)14-6-3-4-8-16(14)26-2/h3-12,18H,1-2H3,(H2,24,25). The summed E-state index contributed by atoms with van der Waals surface area (Å²) in [7, 11) is 1.59. The Morgan fingerprint density at radius 1 is 1.30 bits per heavy atom. The average Bonchev–Trinajstić information content (AvgIpc) is 2.62. The van der Waals surface area contributed by atoms with E-state index in [9.17, 15) is 4.39 Å². The van der Waals surface area contributed by atoms with Crippen molar-refractivity contribution >= 4 is 29.0 Å². The maximum absolute atomic E-state index is 14.7. The number of halogens is 3. The highest BCUT2D eigenvalue weighted by Crippen LogP contribution is 2.42. The highest BCUT2D eigenvalue weighted by Gasteiger charge is 2.43. The van der Waals surface area contributed by atoms with Crippen molar-refractivity contribution in [1.29, 1.82) is 0 Å². The Morgan fingerprint density at radius 2 is 2.04 bits per heavy atom. The van der Waals surface area contributed by atoms with Crippen molar-refractivity contribution in [2.75, 3.05) is 12.8 Å². The number of para-hydroxylation sites is 1. The molecule has 142 valence electrons. The molecule has 0 spiro atoms. The summed E-state index contributed by atoms with van der Waals surface area (Å²) in [5, 5.41) is -1.87. The van der Waals surface area contributed by atoms with E-state index in [2.05, 4.69) is 4.98 Å². The van der Waals surface area contributed by atoms with Gasteiger partial charge in [0.05, 0.1) is 13.0 Å². The number of nitrogens with two attached hydrogens (primary N) is 1. The SMILES string of the molecule is COc1ccccc1-c1cnc(N)c(OC(C)C2C(Cl)=CC=CC2(F)Cl)c1. The van der Waals surface area contributed by atoms with E-state index in [0.29, 0.717) is 11.5 Å². The van der Waals surface area contributed by atoms with Crippen molar-refractivity contribution in [2.45, 2.75) is 18.2 Å². The minimum absolute atomic E-state index is 0.186. The number of ether oxygens (including phenoxy) is 2.